The Balaban J connectivity index is 0.000000266. The van der Waals surface area contributed by atoms with E-state index in [-0.39, 0.29) is 92.8 Å². The third-order valence-corrected chi connectivity index (χ3v) is 12.5. The molecule has 32 nitrogen and oxygen atoms in total. The fraction of sp³-hybridized carbons (Fsp3) is 0.226. The van der Waals surface area contributed by atoms with E-state index in [1.807, 2.05) is 0 Å². The van der Waals surface area contributed by atoms with Crippen molar-refractivity contribution in [3.05, 3.63) is 173 Å². The molecular formula is C62H59N7O25. The number of nitrogens with one attached hydrogen (secondary N) is 2. The second kappa shape index (κ2) is 33.7. The third kappa shape index (κ3) is 17.1. The molecule has 0 spiro atoms. The van der Waals surface area contributed by atoms with Crippen LogP contribution in [-0.2, 0) is 27.4 Å². The standard InChI is InChI=1S/C27H23N3O11.C21H20N2O6.C12H8N2O8.2CH4/c1-35-19-9-8-18-23(17(19)6-5-11-39-27(32)40-14-16-7-10-22(41-16)30(33)34)28-29-24(18)25(31)15-12-20(36-2)26(38-4)21(13-15)37-3;1-26-15-8-7-14-18(13(15)6-5-9-24)22-23-19(14)20(25)12-10-16(27-2)21(29-4)17(11-12)28-3;15-12(20-7-10-5-6-11(21-10)14(18)19)22-9-3-1-8(2-4-9)13(16)17;;/h7-10,12-13H,11,14H2,1-4H3,(H,28,29);7-8,10-11,24H,9H2,1-4H3,(H,22,23);1-6H,7H2;2*1H4. The molecule has 0 bridgehead atoms. The van der Waals surface area contributed by atoms with Gasteiger partial charge in [-0.3, -0.25) is 50.1 Å². The number of aliphatic hydroxyl groups excluding tert-OH is 1. The van der Waals surface area contributed by atoms with Gasteiger partial charge in [0.2, 0.25) is 23.1 Å². The number of H-pyrrole nitrogens is 2. The Morgan fingerprint density at radius 2 is 0.904 bits per heavy atom. The van der Waals surface area contributed by atoms with Crippen molar-refractivity contribution in [2.24, 2.45) is 0 Å². The number of aromatic nitrogens is 4. The van der Waals surface area contributed by atoms with Crippen LogP contribution in [-0.4, -0.2) is 134 Å². The number of carbonyl (C=O) groups excluding carboxylic acids is 4. The van der Waals surface area contributed by atoms with E-state index < -0.39 is 38.8 Å². The topological polar surface area (TPSA) is 412 Å². The summed E-state index contributed by atoms with van der Waals surface area (Å²) in [4.78, 5) is 79.4. The second-order valence-corrected chi connectivity index (χ2v) is 17.7. The van der Waals surface area contributed by atoms with Crippen LogP contribution in [0.5, 0.6) is 51.7 Å². The number of nitrogens with zero attached hydrogens (tertiary/aromatic N) is 5. The number of hydrogen-bond donors (Lipinski definition) is 3. The van der Waals surface area contributed by atoms with Crippen molar-refractivity contribution < 1.29 is 105 Å². The van der Waals surface area contributed by atoms with Crippen LogP contribution in [0.1, 0.15) is 69.6 Å². The molecule has 0 atom stereocenters. The molecule has 94 heavy (non-hydrogen) atoms. The number of hydrogen-bond acceptors (Lipinski definition) is 27. The Morgan fingerprint density at radius 1 is 0.500 bits per heavy atom. The van der Waals surface area contributed by atoms with E-state index in [1.54, 1.807) is 36.4 Å². The monoisotopic (exact) mass is 1300 g/mol. The average Bonchev–Trinajstić information content (AvgIpc) is 1.59. The van der Waals surface area contributed by atoms with Crippen molar-refractivity contribution in [3.63, 3.8) is 0 Å². The van der Waals surface area contributed by atoms with Crippen LogP contribution >= 0.6 is 0 Å². The van der Waals surface area contributed by atoms with Crippen LogP contribution in [0.15, 0.2) is 106 Å². The van der Waals surface area contributed by atoms with E-state index in [9.17, 15) is 49.5 Å². The minimum atomic E-state index is -1.08. The minimum Gasteiger partial charge on any atom is -0.495 e. The zero-order valence-electron chi connectivity index (χ0n) is 49.5. The van der Waals surface area contributed by atoms with Gasteiger partial charge in [-0.25, -0.2) is 9.59 Å². The summed E-state index contributed by atoms with van der Waals surface area (Å²) in [6.07, 6.45) is -2.13. The SMILES string of the molecule is C.C.COc1cc(C(=O)c2[nH]nc3c(C#CCO)c(OC)ccc23)cc(OC)c1OC.COc1cc(C(=O)c2[nH]nc3c(C#CCOC(=O)OCc4ccc([N+](=O)[O-])o4)c(OC)ccc23)cc(OC)c1OC.O=C(OCc1ccc([N+](=O)[O-])o1)Oc1ccc([N+](=O)[O-])cc1. The Bertz CT molecular complexity index is 4300. The molecular weight excluding hydrogens is 1240 g/mol. The van der Waals surface area contributed by atoms with Gasteiger partial charge in [-0.2, -0.15) is 10.2 Å². The maximum absolute atomic E-state index is 13.5. The second-order valence-electron chi connectivity index (χ2n) is 17.7. The van der Waals surface area contributed by atoms with E-state index in [0.717, 1.165) is 12.1 Å². The molecule has 492 valence electrons. The molecule has 4 aromatic heterocycles. The minimum absolute atomic E-state index is 0. The first-order chi connectivity index (χ1) is 44.3. The van der Waals surface area contributed by atoms with Gasteiger partial charge in [0, 0.05) is 34.0 Å². The molecule has 9 aromatic rings. The number of ether oxygens (including phenoxy) is 12. The van der Waals surface area contributed by atoms with Gasteiger partial charge >= 0.3 is 24.1 Å². The highest BCUT2D eigenvalue weighted by atomic mass is 16.7. The highest BCUT2D eigenvalue weighted by molar-refractivity contribution is 6.17. The number of rotatable bonds is 21. The summed E-state index contributed by atoms with van der Waals surface area (Å²) in [5.41, 5.74) is 2.60. The van der Waals surface area contributed by atoms with Gasteiger partial charge in [0.25, 0.3) is 5.69 Å². The molecule has 3 N–H and O–H groups in total. The normalized spacial score (nSPS) is 10.0. The fourth-order valence-corrected chi connectivity index (χ4v) is 8.26. The summed E-state index contributed by atoms with van der Waals surface area (Å²) in [6, 6.07) is 22.6. The molecule has 0 aliphatic carbocycles. The first-order valence-corrected chi connectivity index (χ1v) is 26.1. The molecule has 0 saturated heterocycles. The number of nitro groups is 3. The number of furan rings is 2. The Morgan fingerprint density at radius 3 is 1.27 bits per heavy atom. The zero-order valence-corrected chi connectivity index (χ0v) is 49.5. The smallest absolute Gasteiger partial charge is 0.495 e. The lowest BCUT2D eigenvalue weighted by molar-refractivity contribution is -0.402. The lowest BCUT2D eigenvalue weighted by Crippen LogP contribution is -2.10. The van der Waals surface area contributed by atoms with Crippen LogP contribution < -0.4 is 42.6 Å². The lowest BCUT2D eigenvalue weighted by Gasteiger charge is -2.13. The highest BCUT2D eigenvalue weighted by Gasteiger charge is 2.26. The van der Waals surface area contributed by atoms with Crippen molar-refractivity contribution >= 4 is 63.1 Å². The number of carbonyl (C=O) groups is 4. The van der Waals surface area contributed by atoms with Crippen LogP contribution in [0.4, 0.5) is 27.0 Å². The fourth-order valence-electron chi connectivity index (χ4n) is 8.26. The summed E-state index contributed by atoms with van der Waals surface area (Å²) >= 11 is 0. The van der Waals surface area contributed by atoms with E-state index >= 15 is 0 Å². The molecule has 9 rings (SSSR count). The van der Waals surface area contributed by atoms with Crippen LogP contribution in [0.25, 0.3) is 21.8 Å². The number of methoxy groups -OCH3 is 8. The van der Waals surface area contributed by atoms with Gasteiger partial charge < -0.3 is 70.8 Å². The maximum atomic E-state index is 13.5. The van der Waals surface area contributed by atoms with Crippen LogP contribution in [0, 0.1) is 54.0 Å². The number of ketones is 2. The number of benzene rings is 5. The summed E-state index contributed by atoms with van der Waals surface area (Å²) in [7, 11) is 11.8. The molecule has 32 heteroatoms. The van der Waals surface area contributed by atoms with Crippen molar-refractivity contribution in [3.8, 4) is 75.4 Å². The van der Waals surface area contributed by atoms with Crippen molar-refractivity contribution in [1.29, 1.82) is 0 Å². The molecule has 0 saturated carbocycles. The van der Waals surface area contributed by atoms with E-state index in [2.05, 4.69) is 44.1 Å². The van der Waals surface area contributed by atoms with Gasteiger partial charge in [-0.1, -0.05) is 38.5 Å². The molecule has 0 radical (unpaired) electrons. The molecule has 0 aliphatic heterocycles. The molecule has 0 aliphatic rings. The van der Waals surface area contributed by atoms with Gasteiger partial charge in [0.05, 0.1) is 85.1 Å². The number of aliphatic hydroxyl groups is 1. The summed E-state index contributed by atoms with van der Waals surface area (Å²) < 4.78 is 71.6. The number of nitro benzene ring substituents is 1. The van der Waals surface area contributed by atoms with Gasteiger partial charge in [0.1, 0.15) is 67.6 Å². The zero-order chi connectivity index (χ0) is 66.6. The molecule has 0 fully saturated rings. The van der Waals surface area contributed by atoms with Gasteiger partial charge in [0.15, 0.2) is 42.8 Å². The molecule has 4 heterocycles. The van der Waals surface area contributed by atoms with E-state index in [1.165, 1.54) is 105 Å². The molecule has 5 aromatic carbocycles. The van der Waals surface area contributed by atoms with E-state index in [0.29, 0.717) is 84.5 Å². The lowest BCUT2D eigenvalue weighted by atomic mass is 10.0. The average molecular weight is 1300 g/mol. The Labute approximate surface area is 532 Å². The molecule has 0 amide bonds. The Kier molecular flexibility index (Phi) is 25.7. The predicted octanol–water partition coefficient (Wildman–Crippen LogP) is 10.3. The predicted molar refractivity (Wildman–Crippen MR) is 329 cm³/mol. The van der Waals surface area contributed by atoms with Crippen molar-refractivity contribution in [2.75, 3.05) is 70.1 Å². The summed E-state index contributed by atoms with van der Waals surface area (Å²) in [5.74, 6) is 12.5. The van der Waals surface area contributed by atoms with E-state index in [4.69, 9.17) is 70.8 Å². The summed E-state index contributed by atoms with van der Waals surface area (Å²) in [5, 5.41) is 55.7. The highest BCUT2D eigenvalue weighted by Crippen LogP contribution is 2.41. The largest absolute Gasteiger partial charge is 0.514 e. The quantitative estimate of drug-likeness (QED) is 0.0150. The summed E-state index contributed by atoms with van der Waals surface area (Å²) in [6.45, 7) is -1.36. The number of non-ortho nitro benzene ring substituents is 1. The van der Waals surface area contributed by atoms with Crippen LogP contribution in [0.3, 0.4) is 0 Å². The maximum Gasteiger partial charge on any atom is 0.514 e. The van der Waals surface area contributed by atoms with Gasteiger partial charge in [-0.15, -0.1) is 0 Å². The third-order valence-electron chi connectivity index (χ3n) is 12.5. The first kappa shape index (κ1) is 71.9. The van der Waals surface area contributed by atoms with Crippen molar-refractivity contribution in [2.45, 2.75) is 28.1 Å². The Hall–Kier alpha value is -12.8. The molecule has 0 unspecified atom stereocenters. The number of aromatic amines is 2. The van der Waals surface area contributed by atoms with Gasteiger partial charge in [-0.05, 0) is 72.8 Å². The number of fused-ring (bicyclic) bond motifs is 2. The first-order valence-electron chi connectivity index (χ1n) is 26.1. The van der Waals surface area contributed by atoms with Crippen molar-refractivity contribution in [1.82, 2.24) is 20.4 Å². The van der Waals surface area contributed by atoms with Crippen LogP contribution in [0.2, 0.25) is 0 Å².